The van der Waals surface area contributed by atoms with Crippen molar-refractivity contribution in [2.45, 2.75) is 146 Å². The second kappa shape index (κ2) is 37.8. The summed E-state index contributed by atoms with van der Waals surface area (Å²) in [5.41, 5.74) is 39.2. The molecule has 0 bridgehead atoms. The van der Waals surface area contributed by atoms with Crippen molar-refractivity contribution in [3.8, 4) is 0 Å². The van der Waals surface area contributed by atoms with E-state index in [1.807, 2.05) is 0 Å². The number of amides is 9. The van der Waals surface area contributed by atoms with Crippen molar-refractivity contribution in [3.05, 3.63) is 30.0 Å². The second-order valence-electron chi connectivity index (χ2n) is 18.4. The van der Waals surface area contributed by atoms with Gasteiger partial charge in [0.05, 0.1) is 25.4 Å². The number of nitrogens with two attached hydrogens (primary N) is 7. The molecule has 432 valence electrons. The highest BCUT2D eigenvalue weighted by atomic mass is 16.3. The summed E-state index contributed by atoms with van der Waals surface area (Å²) in [5.74, 6) is -6.78. The normalized spacial score (nSPS) is 15.5. The minimum atomic E-state index is -1.36. The number of hydrogen-bond donors (Lipinski definition) is 16. The number of carbonyl (C=O) groups is 9. The first-order valence-corrected chi connectivity index (χ1v) is 26.3. The molecule has 2 rings (SSSR count). The average molecular weight is 1090 g/mol. The standard InChI is InChI=1S/C48H85N19O10/c1-30(61-39(69)25-32(68)26-53)41(71)59-28-40(70)62-36(14-9-20-52)47(77)67-23-11-16-38(67)46(76)66-37(24-31-27-56-29-60-31)45(75)65-34(13-4-7-19-51)43(73)64-35(15-10-22-58-48(54)55)44(74)63-33(12-3-6-18-50)42(72)57-21-8-2-5-17-49/h15,27,29-30,32-34,37-38,68H,2-14,16-26,28,49-53H2,1H3,(H,56,60)(H,57,72)(H,59,71)(H,61,69)(H,63,74)(H,64,73)(H,65,75)(H,66,76)(H4,54,55,58)/b35-15-,62-36?/t30-,32+,33-,34-,37-,38-/m0/s1. The monoisotopic (exact) mass is 1090 g/mol. The highest BCUT2D eigenvalue weighted by Gasteiger charge is 2.38. The number of nitrogens with one attached hydrogen (secondary N) is 8. The third kappa shape index (κ3) is 26.1. The highest BCUT2D eigenvalue weighted by Crippen LogP contribution is 2.20. The third-order valence-electron chi connectivity index (χ3n) is 12.0. The molecule has 29 heteroatoms. The zero-order valence-corrected chi connectivity index (χ0v) is 44.3. The summed E-state index contributed by atoms with van der Waals surface area (Å²) in [6.45, 7) is 2.33. The van der Waals surface area contributed by atoms with Gasteiger partial charge in [-0.25, -0.2) is 9.98 Å². The number of rotatable bonds is 38. The predicted molar refractivity (Wildman–Crippen MR) is 287 cm³/mol. The molecule has 6 atom stereocenters. The number of H-pyrrole nitrogens is 1. The van der Waals surface area contributed by atoms with E-state index >= 15 is 0 Å². The zero-order valence-electron chi connectivity index (χ0n) is 44.3. The average Bonchev–Trinajstić information content (AvgIpc) is 4.12. The summed E-state index contributed by atoms with van der Waals surface area (Å²) >= 11 is 0. The number of imidazole rings is 1. The summed E-state index contributed by atoms with van der Waals surface area (Å²) in [5, 5.41) is 28.0. The van der Waals surface area contributed by atoms with Gasteiger partial charge in [-0.1, -0.05) is 12.5 Å². The molecule has 1 aliphatic heterocycles. The van der Waals surface area contributed by atoms with Crippen LogP contribution in [0.15, 0.2) is 34.3 Å². The largest absolute Gasteiger partial charge is 0.391 e. The SMILES string of the molecule is C[C@H](NC(=O)C[C@@H](O)CN)C(=O)NCC(=O)N=C(CCCN)C(=O)N1CCC[C@H]1C(=O)N[C@@H](Cc1cnc[nH]1)C(=O)N[C@@H](CCCCN)C(=O)N/C(=C\CCN=C(N)N)C(=O)N[C@@H](CCCCN)C(=O)NCCCCCN. The number of carbonyl (C=O) groups excluding carboxylic acids is 9. The van der Waals surface area contributed by atoms with Crippen molar-refractivity contribution in [2.24, 2.45) is 50.1 Å². The molecule has 0 unspecified atom stereocenters. The number of guanidine groups is 1. The maximum absolute atomic E-state index is 14.4. The van der Waals surface area contributed by atoms with Crippen molar-refractivity contribution in [1.29, 1.82) is 0 Å². The number of aliphatic hydroxyl groups excluding tert-OH is 1. The molecule has 29 nitrogen and oxygen atoms in total. The molecule has 0 aliphatic carbocycles. The van der Waals surface area contributed by atoms with E-state index in [0.29, 0.717) is 63.9 Å². The molecule has 2 heterocycles. The molecular weight excluding hydrogens is 1000 g/mol. The van der Waals surface area contributed by atoms with Gasteiger partial charge in [0, 0.05) is 44.5 Å². The molecule has 1 aromatic heterocycles. The molecule has 0 aromatic carbocycles. The summed E-state index contributed by atoms with van der Waals surface area (Å²) in [7, 11) is 0. The van der Waals surface area contributed by atoms with Crippen molar-refractivity contribution < 1.29 is 48.3 Å². The number of likely N-dealkylation sites (tertiary alicyclic amines) is 1. The Morgan fingerprint density at radius 2 is 1.45 bits per heavy atom. The lowest BCUT2D eigenvalue weighted by Gasteiger charge is -2.28. The van der Waals surface area contributed by atoms with Gasteiger partial charge < -0.3 is 92.3 Å². The maximum atomic E-state index is 14.4. The van der Waals surface area contributed by atoms with Crippen LogP contribution >= 0.6 is 0 Å². The van der Waals surface area contributed by atoms with E-state index < -0.39 is 96.0 Å². The van der Waals surface area contributed by atoms with Gasteiger partial charge >= 0.3 is 0 Å². The molecule has 0 saturated carbocycles. The van der Waals surface area contributed by atoms with E-state index in [-0.39, 0.29) is 101 Å². The van der Waals surface area contributed by atoms with Gasteiger partial charge in [-0.15, -0.1) is 0 Å². The fourth-order valence-corrected chi connectivity index (χ4v) is 7.83. The maximum Gasteiger partial charge on any atom is 0.269 e. The number of aromatic nitrogens is 2. The Morgan fingerprint density at radius 1 is 0.792 bits per heavy atom. The Kier molecular flexibility index (Phi) is 32.5. The number of aliphatic hydroxyl groups is 1. The quantitative estimate of drug-likeness (QED) is 0.0127. The van der Waals surface area contributed by atoms with Crippen LogP contribution in [0.3, 0.4) is 0 Å². The summed E-state index contributed by atoms with van der Waals surface area (Å²) in [6, 6.07) is -5.88. The van der Waals surface area contributed by atoms with Crippen LogP contribution < -0.4 is 77.4 Å². The Labute approximate surface area is 449 Å². The number of aliphatic imine (C=N–C) groups is 2. The molecule has 0 spiro atoms. The Hall–Kier alpha value is -6.92. The topological polar surface area (TPSA) is 497 Å². The fourth-order valence-electron chi connectivity index (χ4n) is 7.83. The Morgan fingerprint density at radius 3 is 2.08 bits per heavy atom. The van der Waals surface area contributed by atoms with E-state index in [0.717, 1.165) is 12.8 Å². The third-order valence-corrected chi connectivity index (χ3v) is 12.0. The van der Waals surface area contributed by atoms with E-state index in [1.165, 1.54) is 30.4 Å². The molecule has 23 N–H and O–H groups in total. The van der Waals surface area contributed by atoms with Crippen LogP contribution in [0, 0.1) is 0 Å². The van der Waals surface area contributed by atoms with E-state index in [4.69, 9.17) is 40.1 Å². The van der Waals surface area contributed by atoms with E-state index in [1.54, 1.807) is 0 Å². The van der Waals surface area contributed by atoms with Crippen LogP contribution in [0.5, 0.6) is 0 Å². The molecule has 0 radical (unpaired) electrons. The summed E-state index contributed by atoms with van der Waals surface area (Å²) < 4.78 is 0. The van der Waals surface area contributed by atoms with E-state index in [2.05, 4.69) is 57.2 Å². The number of unbranched alkanes of at least 4 members (excludes halogenated alkanes) is 4. The minimum Gasteiger partial charge on any atom is -0.391 e. The molecule has 9 amide bonds. The van der Waals surface area contributed by atoms with Crippen LogP contribution in [-0.2, 0) is 49.6 Å². The van der Waals surface area contributed by atoms with Crippen LogP contribution in [-0.4, -0.2) is 180 Å². The van der Waals surface area contributed by atoms with Crippen LogP contribution in [0.25, 0.3) is 0 Å². The van der Waals surface area contributed by atoms with Crippen molar-refractivity contribution in [2.75, 3.05) is 58.9 Å². The van der Waals surface area contributed by atoms with Crippen molar-refractivity contribution in [1.82, 2.24) is 52.1 Å². The first-order valence-electron chi connectivity index (χ1n) is 26.3. The Bertz CT molecular complexity index is 2140. The zero-order chi connectivity index (χ0) is 57.1. The van der Waals surface area contributed by atoms with Gasteiger partial charge in [-0.2, -0.15) is 0 Å². The van der Waals surface area contributed by atoms with Crippen LogP contribution in [0.1, 0.15) is 109 Å². The van der Waals surface area contributed by atoms with Gasteiger partial charge in [-0.05, 0) is 117 Å². The first kappa shape index (κ1) is 66.2. The predicted octanol–water partition coefficient (Wildman–Crippen LogP) is -5.40. The minimum absolute atomic E-state index is 0.0422. The van der Waals surface area contributed by atoms with Gasteiger partial charge in [0.1, 0.15) is 41.6 Å². The second-order valence-corrected chi connectivity index (χ2v) is 18.4. The number of aromatic amines is 1. The van der Waals surface area contributed by atoms with Gasteiger partial charge in [0.2, 0.25) is 35.4 Å². The van der Waals surface area contributed by atoms with E-state index in [9.17, 15) is 48.3 Å². The first-order chi connectivity index (χ1) is 36.9. The highest BCUT2D eigenvalue weighted by molar-refractivity contribution is 6.40. The number of nitrogens with zero attached hydrogens (tertiary/aromatic N) is 4. The molecule has 1 fully saturated rings. The fraction of sp³-hybridized carbons (Fsp3) is 0.667. The molecule has 1 aromatic rings. The smallest absolute Gasteiger partial charge is 0.269 e. The van der Waals surface area contributed by atoms with Gasteiger partial charge in [0.25, 0.3) is 17.7 Å². The lowest BCUT2D eigenvalue weighted by atomic mass is 10.1. The summed E-state index contributed by atoms with van der Waals surface area (Å²) in [4.78, 5) is 138. The van der Waals surface area contributed by atoms with Gasteiger partial charge in [-0.3, -0.25) is 48.1 Å². The summed E-state index contributed by atoms with van der Waals surface area (Å²) in [6.07, 6.45) is 7.92. The van der Waals surface area contributed by atoms with Crippen molar-refractivity contribution >= 4 is 64.8 Å². The van der Waals surface area contributed by atoms with Crippen LogP contribution in [0.2, 0.25) is 0 Å². The van der Waals surface area contributed by atoms with Crippen LogP contribution in [0.4, 0.5) is 0 Å². The molecular formula is C48H85N19O10. The lowest BCUT2D eigenvalue weighted by Crippen LogP contribution is -2.57. The van der Waals surface area contributed by atoms with Crippen molar-refractivity contribution in [3.63, 3.8) is 0 Å². The molecule has 77 heavy (non-hydrogen) atoms. The lowest BCUT2D eigenvalue weighted by molar-refractivity contribution is -0.136. The molecule has 1 saturated heterocycles. The van der Waals surface area contributed by atoms with Gasteiger partial charge in [0.15, 0.2) is 5.96 Å². The Balaban J connectivity index is 2.39. The molecule has 1 aliphatic rings. The number of hydrogen-bond acceptors (Lipinski definition) is 17.